The van der Waals surface area contributed by atoms with Crippen molar-refractivity contribution in [1.29, 1.82) is 0 Å². The van der Waals surface area contributed by atoms with E-state index in [0.29, 0.717) is 5.56 Å². The molecule has 0 N–H and O–H groups in total. The number of halogens is 3. The molecule has 1 atom stereocenters. The Morgan fingerprint density at radius 2 is 1.65 bits per heavy atom. The maximum atomic E-state index is 12.8. The molecule has 6 heteroatoms. The molecule has 138 valence electrons. The predicted octanol–water partition coefficient (Wildman–Crippen LogP) is 4.59. The van der Waals surface area contributed by atoms with Crippen molar-refractivity contribution in [3.05, 3.63) is 71.3 Å². The van der Waals surface area contributed by atoms with E-state index in [2.05, 4.69) is 0 Å². The van der Waals surface area contributed by atoms with Crippen molar-refractivity contribution < 1.29 is 27.5 Å². The molecule has 0 heterocycles. The van der Waals surface area contributed by atoms with Gasteiger partial charge in [-0.3, -0.25) is 9.59 Å². The summed E-state index contributed by atoms with van der Waals surface area (Å²) in [6, 6.07) is 13.9. The summed E-state index contributed by atoms with van der Waals surface area (Å²) in [6.45, 7) is 1.33. The first kappa shape index (κ1) is 19.7. The molecule has 0 aliphatic carbocycles. The average molecular weight is 364 g/mol. The first-order valence-electron chi connectivity index (χ1n) is 8.14. The molecule has 0 fully saturated rings. The number of Topliss-reactive ketones (excluding diaryl/α,β-unsaturated/α-hetero) is 1. The quantitative estimate of drug-likeness (QED) is 0.533. The number of ether oxygens (including phenoxy) is 1. The number of ketones is 1. The molecule has 2 aromatic rings. The van der Waals surface area contributed by atoms with Crippen molar-refractivity contribution in [3.8, 4) is 0 Å². The summed E-state index contributed by atoms with van der Waals surface area (Å²) >= 11 is 0. The number of esters is 1. The van der Waals surface area contributed by atoms with Gasteiger partial charge in [-0.1, -0.05) is 48.5 Å². The molecular formula is C20H19F3O3. The van der Waals surface area contributed by atoms with E-state index in [0.717, 1.165) is 17.7 Å². The van der Waals surface area contributed by atoms with Gasteiger partial charge in [-0.2, -0.15) is 13.2 Å². The second-order valence-electron chi connectivity index (χ2n) is 5.99. The summed E-state index contributed by atoms with van der Waals surface area (Å²) in [5.74, 6) is -2.02. The lowest BCUT2D eigenvalue weighted by Crippen LogP contribution is -2.25. The van der Waals surface area contributed by atoms with Gasteiger partial charge in [0.25, 0.3) is 0 Å². The molecular weight excluding hydrogens is 345 g/mol. The van der Waals surface area contributed by atoms with Crippen molar-refractivity contribution in [2.75, 3.05) is 0 Å². The van der Waals surface area contributed by atoms with Crippen LogP contribution in [0.2, 0.25) is 0 Å². The van der Waals surface area contributed by atoms with Gasteiger partial charge < -0.3 is 4.74 Å². The Morgan fingerprint density at radius 1 is 1.00 bits per heavy atom. The lowest BCUT2D eigenvalue weighted by Gasteiger charge is -2.14. The van der Waals surface area contributed by atoms with Crippen molar-refractivity contribution in [1.82, 2.24) is 0 Å². The number of rotatable bonds is 7. The maximum absolute atomic E-state index is 12.8. The molecule has 2 rings (SSSR count). The minimum atomic E-state index is -4.43. The highest BCUT2D eigenvalue weighted by Gasteiger charge is 2.30. The number of alkyl halides is 3. The minimum Gasteiger partial charge on any atom is -0.460 e. The van der Waals surface area contributed by atoms with Gasteiger partial charge in [-0.05, 0) is 37.0 Å². The Balaban J connectivity index is 1.98. The lowest BCUT2D eigenvalue weighted by molar-refractivity contribution is -0.153. The number of aryl methyl sites for hydroxylation is 1. The summed E-state index contributed by atoms with van der Waals surface area (Å²) in [5, 5.41) is 0. The topological polar surface area (TPSA) is 43.4 Å². The zero-order valence-electron chi connectivity index (χ0n) is 14.3. The van der Waals surface area contributed by atoms with Crippen LogP contribution in [-0.2, 0) is 33.5 Å². The maximum Gasteiger partial charge on any atom is 0.416 e. The third kappa shape index (κ3) is 5.72. The Kier molecular flexibility index (Phi) is 6.55. The number of carbonyl (C=O) groups is 2. The van der Waals surface area contributed by atoms with Crippen LogP contribution >= 0.6 is 0 Å². The highest BCUT2D eigenvalue weighted by atomic mass is 19.4. The second-order valence-corrected chi connectivity index (χ2v) is 5.99. The highest BCUT2D eigenvalue weighted by molar-refractivity contribution is 5.97. The second kappa shape index (κ2) is 8.65. The van der Waals surface area contributed by atoms with E-state index >= 15 is 0 Å². The van der Waals surface area contributed by atoms with Gasteiger partial charge in [-0.15, -0.1) is 0 Å². The molecule has 26 heavy (non-hydrogen) atoms. The number of hydrogen-bond acceptors (Lipinski definition) is 3. The molecule has 0 aliphatic rings. The molecule has 0 saturated heterocycles. The summed E-state index contributed by atoms with van der Waals surface area (Å²) in [4.78, 5) is 23.9. The first-order chi connectivity index (χ1) is 12.3. The first-order valence-corrected chi connectivity index (χ1v) is 8.14. The van der Waals surface area contributed by atoms with Crippen LogP contribution in [0.5, 0.6) is 0 Å². The van der Waals surface area contributed by atoms with E-state index in [-0.39, 0.29) is 25.2 Å². The number of hydrogen-bond donors (Lipinski definition) is 0. The van der Waals surface area contributed by atoms with Gasteiger partial charge in [0.05, 0.1) is 5.56 Å². The van der Waals surface area contributed by atoms with E-state index in [4.69, 9.17) is 4.74 Å². The zero-order valence-corrected chi connectivity index (χ0v) is 14.3. The molecule has 0 spiro atoms. The van der Waals surface area contributed by atoms with Crippen LogP contribution in [0.15, 0.2) is 54.6 Å². The van der Waals surface area contributed by atoms with Gasteiger partial charge in [0.15, 0.2) is 0 Å². The van der Waals surface area contributed by atoms with Gasteiger partial charge in [0, 0.05) is 0 Å². The van der Waals surface area contributed by atoms with Crippen LogP contribution in [0.25, 0.3) is 0 Å². The fourth-order valence-electron chi connectivity index (χ4n) is 2.53. The van der Waals surface area contributed by atoms with Crippen molar-refractivity contribution in [3.63, 3.8) is 0 Å². The smallest absolute Gasteiger partial charge is 0.416 e. The lowest BCUT2D eigenvalue weighted by atomic mass is 9.95. The van der Waals surface area contributed by atoms with E-state index < -0.39 is 23.6 Å². The monoisotopic (exact) mass is 364 g/mol. The Hall–Kier alpha value is -2.63. The number of carbonyl (C=O) groups excluding carboxylic acids is 2. The largest absolute Gasteiger partial charge is 0.460 e. The molecule has 0 amide bonds. The van der Waals surface area contributed by atoms with Gasteiger partial charge >= 0.3 is 12.1 Å². The molecule has 0 saturated carbocycles. The van der Waals surface area contributed by atoms with Crippen LogP contribution in [0.4, 0.5) is 13.2 Å². The van der Waals surface area contributed by atoms with Crippen molar-refractivity contribution in [2.24, 2.45) is 5.92 Å². The fraction of sp³-hybridized carbons (Fsp3) is 0.300. The van der Waals surface area contributed by atoms with Crippen molar-refractivity contribution in [2.45, 2.75) is 32.5 Å². The third-order valence-electron chi connectivity index (χ3n) is 3.98. The molecule has 0 radical (unpaired) electrons. The SMILES string of the molecule is CC(=O)C(CCc1cccc(C(F)(F)F)c1)C(=O)OCc1ccccc1. The summed E-state index contributed by atoms with van der Waals surface area (Å²) in [5.41, 5.74) is 0.462. The number of benzene rings is 2. The summed E-state index contributed by atoms with van der Waals surface area (Å²) in [6.07, 6.45) is -4.15. The zero-order chi connectivity index (χ0) is 19.2. The van der Waals surface area contributed by atoms with E-state index in [1.807, 2.05) is 6.07 Å². The normalized spacial score (nSPS) is 12.5. The van der Waals surface area contributed by atoms with Crippen LogP contribution < -0.4 is 0 Å². The Labute approximate surface area is 149 Å². The van der Waals surface area contributed by atoms with Crippen LogP contribution in [0, 0.1) is 5.92 Å². The highest BCUT2D eigenvalue weighted by Crippen LogP contribution is 2.30. The van der Waals surface area contributed by atoms with Crippen molar-refractivity contribution >= 4 is 11.8 Å². The average Bonchev–Trinajstić information content (AvgIpc) is 2.60. The van der Waals surface area contributed by atoms with Gasteiger partial charge in [-0.25, -0.2) is 0 Å². The van der Waals surface area contributed by atoms with E-state index in [1.165, 1.54) is 13.0 Å². The van der Waals surface area contributed by atoms with E-state index in [1.54, 1.807) is 30.3 Å². The molecule has 3 nitrogen and oxygen atoms in total. The standard InChI is InChI=1S/C20H19F3O3/c1-14(24)18(19(25)26-13-16-6-3-2-4-7-16)11-10-15-8-5-9-17(12-15)20(21,22)23/h2-9,12,18H,10-11,13H2,1H3. The fourth-order valence-corrected chi connectivity index (χ4v) is 2.53. The molecule has 1 unspecified atom stereocenters. The summed E-state index contributed by atoms with van der Waals surface area (Å²) < 4.78 is 43.4. The van der Waals surface area contributed by atoms with Crippen LogP contribution in [0.1, 0.15) is 30.0 Å². The minimum absolute atomic E-state index is 0.0486. The van der Waals surface area contributed by atoms with Gasteiger partial charge in [0.1, 0.15) is 18.3 Å². The molecule has 2 aromatic carbocycles. The molecule has 0 aliphatic heterocycles. The van der Waals surface area contributed by atoms with Crippen LogP contribution in [-0.4, -0.2) is 11.8 Å². The Morgan fingerprint density at radius 3 is 2.27 bits per heavy atom. The van der Waals surface area contributed by atoms with E-state index in [9.17, 15) is 22.8 Å². The molecule has 0 aromatic heterocycles. The van der Waals surface area contributed by atoms with Gasteiger partial charge in [0.2, 0.25) is 0 Å². The molecule has 0 bridgehead atoms. The Bertz CT molecular complexity index is 754. The summed E-state index contributed by atoms with van der Waals surface area (Å²) in [7, 11) is 0. The third-order valence-corrected chi connectivity index (χ3v) is 3.98. The predicted molar refractivity (Wildman–Crippen MR) is 90.2 cm³/mol. The van der Waals surface area contributed by atoms with Crippen LogP contribution in [0.3, 0.4) is 0 Å².